The molecular formula is C18H29N3O2. The van der Waals surface area contributed by atoms with Gasteiger partial charge in [-0.3, -0.25) is 14.6 Å². The number of hydrogen-bond acceptors (Lipinski definition) is 4. The number of aromatic nitrogens is 1. The van der Waals surface area contributed by atoms with Gasteiger partial charge in [-0.05, 0) is 24.5 Å². The summed E-state index contributed by atoms with van der Waals surface area (Å²) in [7, 11) is 0. The number of nitrogens with zero attached hydrogens (tertiary/aromatic N) is 1. The summed E-state index contributed by atoms with van der Waals surface area (Å²) in [6, 6.07) is 2.93. The van der Waals surface area contributed by atoms with Crippen molar-refractivity contribution in [2.45, 2.75) is 65.5 Å². The number of ketones is 1. The molecule has 0 aliphatic carbocycles. The summed E-state index contributed by atoms with van der Waals surface area (Å²) in [5.41, 5.74) is 6.76. The monoisotopic (exact) mass is 319 g/mol. The van der Waals surface area contributed by atoms with Crippen molar-refractivity contribution in [3.63, 3.8) is 0 Å². The van der Waals surface area contributed by atoms with Crippen molar-refractivity contribution in [1.82, 2.24) is 10.3 Å². The number of unbranched alkanes of at least 4 members (excludes halogenated alkanes) is 2. The van der Waals surface area contributed by atoms with Crippen molar-refractivity contribution in [3.8, 4) is 0 Å². The van der Waals surface area contributed by atoms with Crippen LogP contribution in [0, 0.1) is 5.92 Å². The first-order valence-electron chi connectivity index (χ1n) is 8.52. The molecule has 1 aromatic heterocycles. The lowest BCUT2D eigenvalue weighted by Gasteiger charge is -2.24. The van der Waals surface area contributed by atoms with E-state index in [0.717, 1.165) is 25.7 Å². The molecule has 0 bridgehead atoms. The van der Waals surface area contributed by atoms with Crippen molar-refractivity contribution in [2.24, 2.45) is 11.7 Å². The molecule has 0 saturated heterocycles. The summed E-state index contributed by atoms with van der Waals surface area (Å²) in [5, 5.41) is 2.92. The molecular weight excluding hydrogens is 290 g/mol. The van der Waals surface area contributed by atoms with Gasteiger partial charge in [0.2, 0.25) is 5.91 Å². The van der Waals surface area contributed by atoms with E-state index in [1.54, 1.807) is 18.3 Å². The Kier molecular flexibility index (Phi) is 8.48. The van der Waals surface area contributed by atoms with Crippen molar-refractivity contribution in [1.29, 1.82) is 0 Å². The highest BCUT2D eigenvalue weighted by Gasteiger charge is 2.28. The number of nitrogens with two attached hydrogens (primary N) is 1. The topological polar surface area (TPSA) is 85.1 Å². The SMILES string of the molecule is CCCCCC(=O)N[C@H](C(=O)c1cccnc1CN)[C@@H](C)CC. The van der Waals surface area contributed by atoms with Crippen LogP contribution in [0.2, 0.25) is 0 Å². The van der Waals surface area contributed by atoms with Crippen molar-refractivity contribution >= 4 is 11.7 Å². The van der Waals surface area contributed by atoms with Crippen molar-refractivity contribution in [3.05, 3.63) is 29.6 Å². The first-order chi connectivity index (χ1) is 11.0. The molecule has 128 valence electrons. The molecule has 3 N–H and O–H groups in total. The largest absolute Gasteiger partial charge is 0.346 e. The Morgan fingerprint density at radius 3 is 2.65 bits per heavy atom. The number of rotatable bonds is 10. The molecule has 23 heavy (non-hydrogen) atoms. The summed E-state index contributed by atoms with van der Waals surface area (Å²) < 4.78 is 0. The van der Waals surface area contributed by atoms with Gasteiger partial charge in [0, 0.05) is 24.7 Å². The minimum atomic E-state index is -0.524. The Morgan fingerprint density at radius 1 is 1.30 bits per heavy atom. The molecule has 0 spiro atoms. The minimum absolute atomic E-state index is 0.0588. The maximum Gasteiger partial charge on any atom is 0.220 e. The Morgan fingerprint density at radius 2 is 2.04 bits per heavy atom. The third-order valence-electron chi connectivity index (χ3n) is 4.17. The molecule has 0 aromatic carbocycles. The van der Waals surface area contributed by atoms with Gasteiger partial charge >= 0.3 is 0 Å². The second-order valence-corrected chi connectivity index (χ2v) is 5.95. The van der Waals surface area contributed by atoms with Crippen LogP contribution in [0.3, 0.4) is 0 Å². The Bertz CT molecular complexity index is 517. The average Bonchev–Trinajstić information content (AvgIpc) is 2.58. The van der Waals surface area contributed by atoms with E-state index in [9.17, 15) is 9.59 Å². The zero-order valence-corrected chi connectivity index (χ0v) is 14.5. The zero-order chi connectivity index (χ0) is 17.2. The molecule has 1 aromatic rings. The molecule has 0 radical (unpaired) electrons. The Labute approximate surface area is 139 Å². The van der Waals surface area contributed by atoms with Crippen LogP contribution in [0.25, 0.3) is 0 Å². The third-order valence-corrected chi connectivity index (χ3v) is 4.17. The second-order valence-electron chi connectivity index (χ2n) is 5.95. The highest BCUT2D eigenvalue weighted by atomic mass is 16.2. The fraction of sp³-hybridized carbons (Fsp3) is 0.611. The van der Waals surface area contributed by atoms with Gasteiger partial charge < -0.3 is 11.1 Å². The summed E-state index contributed by atoms with van der Waals surface area (Å²) >= 11 is 0. The van der Waals surface area contributed by atoms with Crippen molar-refractivity contribution < 1.29 is 9.59 Å². The molecule has 0 aliphatic heterocycles. The Hall–Kier alpha value is -1.75. The van der Waals surface area contributed by atoms with E-state index in [-0.39, 0.29) is 24.2 Å². The molecule has 0 aliphatic rings. The van der Waals surface area contributed by atoms with E-state index in [1.165, 1.54) is 0 Å². The predicted molar refractivity (Wildman–Crippen MR) is 92.0 cm³/mol. The van der Waals surface area contributed by atoms with Crippen LogP contribution in [0.5, 0.6) is 0 Å². The van der Waals surface area contributed by atoms with E-state index < -0.39 is 6.04 Å². The number of pyridine rings is 1. The number of carbonyl (C=O) groups is 2. The second kappa shape index (κ2) is 10.1. The van der Waals surface area contributed by atoms with E-state index in [0.29, 0.717) is 17.7 Å². The van der Waals surface area contributed by atoms with Gasteiger partial charge in [-0.15, -0.1) is 0 Å². The van der Waals surface area contributed by atoms with Crippen LogP contribution < -0.4 is 11.1 Å². The van der Waals surface area contributed by atoms with Crippen LogP contribution in [-0.2, 0) is 11.3 Å². The molecule has 0 unspecified atom stereocenters. The maximum absolute atomic E-state index is 12.9. The smallest absolute Gasteiger partial charge is 0.220 e. The van der Waals surface area contributed by atoms with E-state index in [4.69, 9.17) is 5.73 Å². The summed E-state index contributed by atoms with van der Waals surface area (Å²) in [6.45, 7) is 6.30. The minimum Gasteiger partial charge on any atom is -0.346 e. The van der Waals surface area contributed by atoms with Crippen LogP contribution >= 0.6 is 0 Å². The van der Waals surface area contributed by atoms with Gasteiger partial charge in [-0.25, -0.2) is 0 Å². The first kappa shape index (κ1) is 19.3. The fourth-order valence-electron chi connectivity index (χ4n) is 2.48. The summed E-state index contributed by atoms with van der Waals surface area (Å²) in [5.74, 6) is -0.101. The van der Waals surface area contributed by atoms with Crippen LogP contribution in [0.4, 0.5) is 0 Å². The van der Waals surface area contributed by atoms with Crippen LogP contribution in [0.15, 0.2) is 18.3 Å². The summed E-state index contributed by atoms with van der Waals surface area (Å²) in [6.07, 6.45) is 5.84. The van der Waals surface area contributed by atoms with Crippen molar-refractivity contribution in [2.75, 3.05) is 0 Å². The normalized spacial score (nSPS) is 13.4. The van der Waals surface area contributed by atoms with E-state index >= 15 is 0 Å². The lowest BCUT2D eigenvalue weighted by molar-refractivity contribution is -0.122. The van der Waals surface area contributed by atoms with Crippen LogP contribution in [-0.4, -0.2) is 22.7 Å². The standard InChI is InChI=1S/C18H29N3O2/c1-4-6-7-10-16(22)21-17(13(3)5-2)18(23)14-9-8-11-20-15(14)12-19/h8-9,11,13,17H,4-7,10,12,19H2,1-3H3,(H,21,22)/t13-,17-/m0/s1. The third kappa shape index (κ3) is 5.75. The number of carbonyl (C=O) groups excluding carboxylic acids is 2. The number of Topliss-reactive ketones (excluding diaryl/α,β-unsaturated/α-hetero) is 1. The van der Waals surface area contributed by atoms with E-state index in [1.807, 2.05) is 13.8 Å². The molecule has 1 heterocycles. The quantitative estimate of drug-likeness (QED) is 0.513. The molecule has 0 saturated carbocycles. The highest BCUT2D eigenvalue weighted by Crippen LogP contribution is 2.16. The molecule has 1 amide bonds. The van der Waals surface area contributed by atoms with E-state index in [2.05, 4.69) is 17.2 Å². The first-order valence-corrected chi connectivity index (χ1v) is 8.52. The predicted octanol–water partition coefficient (Wildman–Crippen LogP) is 2.83. The van der Waals surface area contributed by atoms with Gasteiger partial charge in [0.15, 0.2) is 5.78 Å². The molecule has 1 rings (SSSR count). The van der Waals surface area contributed by atoms with Gasteiger partial charge in [-0.2, -0.15) is 0 Å². The maximum atomic E-state index is 12.9. The van der Waals surface area contributed by atoms with Gasteiger partial charge in [0.05, 0.1) is 11.7 Å². The average molecular weight is 319 g/mol. The van der Waals surface area contributed by atoms with Gasteiger partial charge in [0.25, 0.3) is 0 Å². The number of hydrogen-bond donors (Lipinski definition) is 2. The summed E-state index contributed by atoms with van der Waals surface area (Å²) in [4.78, 5) is 29.2. The van der Waals surface area contributed by atoms with Gasteiger partial charge in [0.1, 0.15) is 0 Å². The molecule has 0 fully saturated rings. The fourth-order valence-corrected chi connectivity index (χ4v) is 2.48. The molecule has 5 nitrogen and oxygen atoms in total. The number of nitrogens with one attached hydrogen (secondary N) is 1. The zero-order valence-electron chi connectivity index (χ0n) is 14.5. The number of amides is 1. The van der Waals surface area contributed by atoms with Gasteiger partial charge in [-0.1, -0.05) is 40.0 Å². The Balaban J connectivity index is 2.89. The lowest BCUT2D eigenvalue weighted by Crippen LogP contribution is -2.45. The van der Waals surface area contributed by atoms with Crippen LogP contribution in [0.1, 0.15) is 68.9 Å². The highest BCUT2D eigenvalue weighted by molar-refractivity contribution is 6.02. The molecule has 2 atom stereocenters. The lowest BCUT2D eigenvalue weighted by atomic mass is 9.91. The molecule has 5 heteroatoms.